The smallest absolute Gasteiger partial charge is 0.0730 e. The van der Waals surface area contributed by atoms with E-state index in [4.69, 9.17) is 0 Å². The minimum absolute atomic E-state index is 1.03. The second-order valence-electron chi connectivity index (χ2n) is 2.83. The van der Waals surface area contributed by atoms with Crippen molar-refractivity contribution in [3.05, 3.63) is 36.0 Å². The summed E-state index contributed by atoms with van der Waals surface area (Å²) in [6.45, 7) is 0. The highest BCUT2D eigenvalue weighted by Crippen LogP contribution is 2.30. The highest BCUT2D eigenvalue weighted by Gasteiger charge is 2.08. The quantitative estimate of drug-likeness (QED) is 0.487. The SMILES string of the molecule is C1=Nc2cccc3nccc1c23. The molecule has 12 heavy (non-hydrogen) atoms. The fourth-order valence-electron chi connectivity index (χ4n) is 1.57. The van der Waals surface area contributed by atoms with Crippen LogP contribution in [0.5, 0.6) is 0 Å². The predicted molar refractivity (Wildman–Crippen MR) is 49.0 cm³/mol. The van der Waals surface area contributed by atoms with E-state index in [0.29, 0.717) is 0 Å². The summed E-state index contributed by atoms with van der Waals surface area (Å²) in [4.78, 5) is 8.54. The van der Waals surface area contributed by atoms with Crippen LogP contribution in [0.4, 0.5) is 5.69 Å². The fourth-order valence-corrected chi connectivity index (χ4v) is 1.57. The molecular formula is C10H6N2. The number of hydrogen-bond acceptors (Lipinski definition) is 2. The van der Waals surface area contributed by atoms with Gasteiger partial charge in [-0.3, -0.25) is 9.98 Å². The maximum absolute atomic E-state index is 4.28. The maximum Gasteiger partial charge on any atom is 0.0730 e. The van der Waals surface area contributed by atoms with Gasteiger partial charge in [0.15, 0.2) is 0 Å². The minimum atomic E-state index is 1.03. The number of pyridine rings is 1. The molecule has 2 aromatic rings. The number of rotatable bonds is 0. The average molecular weight is 154 g/mol. The number of nitrogens with zero attached hydrogens (tertiary/aromatic N) is 2. The van der Waals surface area contributed by atoms with E-state index in [9.17, 15) is 0 Å². The van der Waals surface area contributed by atoms with Gasteiger partial charge in [-0.2, -0.15) is 0 Å². The Hall–Kier alpha value is -1.70. The molecule has 0 unspecified atom stereocenters. The Morgan fingerprint density at radius 1 is 1.08 bits per heavy atom. The highest BCUT2D eigenvalue weighted by atomic mass is 14.8. The van der Waals surface area contributed by atoms with Gasteiger partial charge in [0.25, 0.3) is 0 Å². The lowest BCUT2D eigenvalue weighted by Crippen LogP contribution is -1.80. The first-order valence-electron chi connectivity index (χ1n) is 3.87. The molecule has 0 amide bonds. The summed E-state index contributed by atoms with van der Waals surface area (Å²) in [5, 5.41) is 1.18. The molecule has 1 aromatic heterocycles. The number of aliphatic imine (C=N–C) groups is 1. The second-order valence-corrected chi connectivity index (χ2v) is 2.83. The van der Waals surface area contributed by atoms with E-state index in [2.05, 4.69) is 9.98 Å². The minimum Gasteiger partial charge on any atom is -0.256 e. The van der Waals surface area contributed by atoms with Crippen LogP contribution in [0, 0.1) is 0 Å². The fraction of sp³-hybridized carbons (Fsp3) is 0. The molecule has 2 heteroatoms. The zero-order valence-corrected chi connectivity index (χ0v) is 6.36. The van der Waals surface area contributed by atoms with Crippen LogP contribution in [0.25, 0.3) is 10.9 Å². The largest absolute Gasteiger partial charge is 0.256 e. The lowest BCUT2D eigenvalue weighted by atomic mass is 10.1. The Labute approximate surface area is 69.6 Å². The van der Waals surface area contributed by atoms with Crippen LogP contribution in [-0.4, -0.2) is 11.2 Å². The Morgan fingerprint density at radius 2 is 2.08 bits per heavy atom. The Kier molecular flexibility index (Phi) is 0.939. The van der Waals surface area contributed by atoms with E-state index in [1.807, 2.05) is 36.7 Å². The van der Waals surface area contributed by atoms with Gasteiger partial charge in [0.05, 0.1) is 11.2 Å². The van der Waals surface area contributed by atoms with Crippen LogP contribution in [0.15, 0.2) is 35.5 Å². The van der Waals surface area contributed by atoms with Gasteiger partial charge in [-0.15, -0.1) is 0 Å². The molecule has 0 atom stereocenters. The van der Waals surface area contributed by atoms with E-state index >= 15 is 0 Å². The van der Waals surface area contributed by atoms with E-state index in [1.54, 1.807) is 0 Å². The van der Waals surface area contributed by atoms with Crippen molar-refractivity contribution in [3.8, 4) is 0 Å². The standard InChI is InChI=1S/C10H6N2/c1-2-8-10-7(4-5-11-8)6-12-9(10)3-1/h1-6H. The van der Waals surface area contributed by atoms with Gasteiger partial charge in [-0.25, -0.2) is 0 Å². The molecule has 0 N–H and O–H groups in total. The first kappa shape index (κ1) is 5.89. The highest BCUT2D eigenvalue weighted by molar-refractivity contribution is 6.09. The summed E-state index contributed by atoms with van der Waals surface area (Å²) in [5.41, 5.74) is 3.24. The third-order valence-electron chi connectivity index (χ3n) is 2.12. The summed E-state index contributed by atoms with van der Waals surface area (Å²) < 4.78 is 0. The summed E-state index contributed by atoms with van der Waals surface area (Å²) in [6.07, 6.45) is 3.71. The first-order chi connectivity index (χ1) is 5.95. The molecule has 0 radical (unpaired) electrons. The molecule has 0 spiro atoms. The van der Waals surface area contributed by atoms with E-state index in [-0.39, 0.29) is 0 Å². The zero-order chi connectivity index (χ0) is 7.97. The molecule has 2 nitrogen and oxygen atoms in total. The van der Waals surface area contributed by atoms with Crippen molar-refractivity contribution >= 4 is 22.8 Å². The van der Waals surface area contributed by atoms with Gasteiger partial charge in [-0.05, 0) is 18.2 Å². The summed E-state index contributed by atoms with van der Waals surface area (Å²) >= 11 is 0. The summed E-state index contributed by atoms with van der Waals surface area (Å²) in [7, 11) is 0. The topological polar surface area (TPSA) is 25.2 Å². The molecule has 0 saturated carbocycles. The first-order valence-corrected chi connectivity index (χ1v) is 3.87. The van der Waals surface area contributed by atoms with Gasteiger partial charge < -0.3 is 0 Å². The van der Waals surface area contributed by atoms with Crippen LogP contribution < -0.4 is 0 Å². The number of benzene rings is 1. The third-order valence-corrected chi connectivity index (χ3v) is 2.12. The lowest BCUT2D eigenvalue weighted by molar-refractivity contribution is 1.41. The predicted octanol–water partition coefficient (Wildman–Crippen LogP) is 2.30. The lowest BCUT2D eigenvalue weighted by Gasteiger charge is -1.96. The van der Waals surface area contributed by atoms with E-state index in [0.717, 1.165) is 11.2 Å². The normalized spacial score (nSPS) is 12.7. The number of hydrogen-bond donors (Lipinski definition) is 0. The Bertz CT molecular complexity index is 445. The van der Waals surface area contributed by atoms with Crippen LogP contribution in [0.2, 0.25) is 0 Å². The third kappa shape index (κ3) is 0.593. The van der Waals surface area contributed by atoms with Gasteiger partial charge in [-0.1, -0.05) is 6.07 Å². The van der Waals surface area contributed by atoms with Crippen LogP contribution in [-0.2, 0) is 0 Å². The van der Waals surface area contributed by atoms with Gasteiger partial charge in [0, 0.05) is 23.4 Å². The molecule has 0 saturated heterocycles. The van der Waals surface area contributed by atoms with E-state index < -0.39 is 0 Å². The average Bonchev–Trinajstić information content (AvgIpc) is 2.52. The van der Waals surface area contributed by atoms with Crippen molar-refractivity contribution < 1.29 is 0 Å². The van der Waals surface area contributed by atoms with Crippen molar-refractivity contribution in [2.45, 2.75) is 0 Å². The maximum atomic E-state index is 4.28. The monoisotopic (exact) mass is 154 g/mol. The van der Waals surface area contributed by atoms with Crippen LogP contribution in [0.3, 0.4) is 0 Å². The Balaban J connectivity index is 2.64. The molecule has 3 rings (SSSR count). The van der Waals surface area contributed by atoms with Crippen molar-refractivity contribution in [1.29, 1.82) is 0 Å². The van der Waals surface area contributed by atoms with Crippen molar-refractivity contribution in [3.63, 3.8) is 0 Å². The molecule has 56 valence electrons. The number of aromatic nitrogens is 1. The van der Waals surface area contributed by atoms with Crippen molar-refractivity contribution in [1.82, 2.24) is 4.98 Å². The van der Waals surface area contributed by atoms with Gasteiger partial charge >= 0.3 is 0 Å². The van der Waals surface area contributed by atoms with Gasteiger partial charge in [0.2, 0.25) is 0 Å². The molecule has 1 aromatic carbocycles. The van der Waals surface area contributed by atoms with Crippen molar-refractivity contribution in [2.75, 3.05) is 0 Å². The van der Waals surface area contributed by atoms with E-state index in [1.165, 1.54) is 10.9 Å². The molecule has 0 bridgehead atoms. The molecule has 0 fully saturated rings. The Morgan fingerprint density at radius 3 is 3.08 bits per heavy atom. The molecule has 0 aliphatic carbocycles. The zero-order valence-electron chi connectivity index (χ0n) is 6.36. The molecular weight excluding hydrogens is 148 g/mol. The van der Waals surface area contributed by atoms with Crippen molar-refractivity contribution in [2.24, 2.45) is 4.99 Å². The molecule has 2 heterocycles. The second kappa shape index (κ2) is 1.91. The molecule has 1 aliphatic heterocycles. The summed E-state index contributed by atoms with van der Waals surface area (Å²) in [5.74, 6) is 0. The van der Waals surface area contributed by atoms with Gasteiger partial charge in [0.1, 0.15) is 0 Å². The molecule has 1 aliphatic rings. The van der Waals surface area contributed by atoms with Crippen LogP contribution in [0.1, 0.15) is 5.56 Å². The van der Waals surface area contributed by atoms with Crippen LogP contribution >= 0.6 is 0 Å². The summed E-state index contributed by atoms with van der Waals surface area (Å²) in [6, 6.07) is 7.99.